The van der Waals surface area contributed by atoms with Crippen LogP contribution in [0.5, 0.6) is 11.5 Å². The highest BCUT2D eigenvalue weighted by molar-refractivity contribution is 6.31. The minimum atomic E-state index is -0.332. The number of halogens is 1. The van der Waals surface area contributed by atoms with Crippen molar-refractivity contribution in [2.24, 2.45) is 0 Å². The van der Waals surface area contributed by atoms with E-state index < -0.39 is 0 Å². The van der Waals surface area contributed by atoms with E-state index in [-0.39, 0.29) is 12.0 Å². The fraction of sp³-hybridized carbons (Fsp3) is 0.350. The third-order valence-corrected chi connectivity index (χ3v) is 4.13. The van der Waals surface area contributed by atoms with Crippen LogP contribution in [0.2, 0.25) is 5.02 Å². The summed E-state index contributed by atoms with van der Waals surface area (Å²) in [6.45, 7) is 5.10. The van der Waals surface area contributed by atoms with Gasteiger partial charge in [0.05, 0.1) is 13.2 Å². The molecule has 6 heteroatoms. The number of rotatable bonds is 9. The first kappa shape index (κ1) is 20.1. The minimum Gasteiger partial charge on any atom is -0.490 e. The number of ether oxygens (including phenoxy) is 3. The van der Waals surface area contributed by atoms with Gasteiger partial charge >= 0.3 is 0 Å². The SMILES string of the molecule is CCOc1ccc(C(=O)NCC(OC)c2ccccc2Cl)cc1OCC. The van der Waals surface area contributed by atoms with Gasteiger partial charge in [-0.25, -0.2) is 0 Å². The Morgan fingerprint density at radius 2 is 1.77 bits per heavy atom. The number of carbonyl (C=O) groups is 1. The number of carbonyl (C=O) groups excluding carboxylic acids is 1. The summed E-state index contributed by atoms with van der Waals surface area (Å²) in [7, 11) is 1.59. The standard InChI is InChI=1S/C20H24ClNO4/c1-4-25-17-11-10-14(12-18(17)26-5-2)20(23)22-13-19(24-3)15-8-6-7-9-16(15)21/h6-12,19H,4-5,13H2,1-3H3,(H,22,23). The Morgan fingerprint density at radius 3 is 2.42 bits per heavy atom. The quantitative estimate of drug-likeness (QED) is 0.709. The van der Waals surface area contributed by atoms with Crippen LogP contribution in [0.15, 0.2) is 42.5 Å². The first-order chi connectivity index (χ1) is 12.6. The lowest BCUT2D eigenvalue weighted by molar-refractivity contribution is 0.0828. The van der Waals surface area contributed by atoms with E-state index in [2.05, 4.69) is 5.32 Å². The van der Waals surface area contributed by atoms with Crippen LogP contribution in [-0.2, 0) is 4.74 Å². The number of methoxy groups -OCH3 is 1. The van der Waals surface area contributed by atoms with E-state index in [1.54, 1.807) is 31.4 Å². The van der Waals surface area contributed by atoms with Gasteiger partial charge in [-0.05, 0) is 38.1 Å². The predicted molar refractivity (Wildman–Crippen MR) is 102 cm³/mol. The van der Waals surface area contributed by atoms with Gasteiger partial charge in [0, 0.05) is 29.8 Å². The Labute approximate surface area is 159 Å². The normalized spacial score (nSPS) is 11.7. The Bertz CT molecular complexity index is 736. The highest BCUT2D eigenvalue weighted by Crippen LogP contribution is 2.29. The molecule has 0 aliphatic carbocycles. The average Bonchev–Trinajstić information content (AvgIpc) is 2.65. The summed E-state index contributed by atoms with van der Waals surface area (Å²) in [4.78, 5) is 12.5. The molecule has 5 nitrogen and oxygen atoms in total. The maximum absolute atomic E-state index is 12.5. The molecular weight excluding hydrogens is 354 g/mol. The van der Waals surface area contributed by atoms with Crippen molar-refractivity contribution in [1.29, 1.82) is 0 Å². The van der Waals surface area contributed by atoms with Crippen LogP contribution in [0.25, 0.3) is 0 Å². The van der Waals surface area contributed by atoms with Crippen LogP contribution in [0.3, 0.4) is 0 Å². The molecule has 2 aromatic carbocycles. The Balaban J connectivity index is 2.09. The van der Waals surface area contributed by atoms with E-state index in [0.29, 0.717) is 41.8 Å². The van der Waals surface area contributed by atoms with Crippen molar-refractivity contribution in [3.63, 3.8) is 0 Å². The molecule has 1 atom stereocenters. The molecule has 0 aliphatic rings. The van der Waals surface area contributed by atoms with Crippen LogP contribution < -0.4 is 14.8 Å². The van der Waals surface area contributed by atoms with Crippen LogP contribution in [0.4, 0.5) is 0 Å². The van der Waals surface area contributed by atoms with E-state index in [0.717, 1.165) is 5.56 Å². The molecular formula is C20H24ClNO4. The lowest BCUT2D eigenvalue weighted by Crippen LogP contribution is -2.29. The maximum atomic E-state index is 12.5. The minimum absolute atomic E-state index is 0.219. The molecule has 1 amide bonds. The molecule has 0 saturated heterocycles. The Kier molecular flexibility index (Phi) is 7.75. The summed E-state index contributed by atoms with van der Waals surface area (Å²) in [5.41, 5.74) is 1.32. The molecule has 140 valence electrons. The van der Waals surface area contributed by atoms with Crippen LogP contribution in [-0.4, -0.2) is 32.8 Å². The van der Waals surface area contributed by atoms with Gasteiger partial charge < -0.3 is 19.5 Å². The average molecular weight is 378 g/mol. The fourth-order valence-electron chi connectivity index (χ4n) is 2.54. The van der Waals surface area contributed by atoms with Gasteiger partial charge in [0.1, 0.15) is 6.10 Å². The van der Waals surface area contributed by atoms with Crippen molar-refractivity contribution in [3.8, 4) is 11.5 Å². The summed E-state index contributed by atoms with van der Waals surface area (Å²) < 4.78 is 16.6. The highest BCUT2D eigenvalue weighted by atomic mass is 35.5. The summed E-state index contributed by atoms with van der Waals surface area (Å²) in [6, 6.07) is 12.5. The van der Waals surface area contributed by atoms with Crippen molar-refractivity contribution in [3.05, 3.63) is 58.6 Å². The Hall–Kier alpha value is -2.24. The molecule has 0 heterocycles. The molecule has 0 fully saturated rings. The van der Waals surface area contributed by atoms with Crippen molar-refractivity contribution in [2.75, 3.05) is 26.9 Å². The first-order valence-electron chi connectivity index (χ1n) is 8.55. The van der Waals surface area contributed by atoms with Crippen LogP contribution >= 0.6 is 11.6 Å². The van der Waals surface area contributed by atoms with E-state index in [9.17, 15) is 4.79 Å². The van der Waals surface area contributed by atoms with E-state index >= 15 is 0 Å². The zero-order valence-electron chi connectivity index (χ0n) is 15.3. The molecule has 1 unspecified atom stereocenters. The number of hydrogen-bond donors (Lipinski definition) is 1. The van der Waals surface area contributed by atoms with Gasteiger partial charge in [0.15, 0.2) is 11.5 Å². The second kappa shape index (κ2) is 10.0. The van der Waals surface area contributed by atoms with Crippen LogP contribution in [0, 0.1) is 0 Å². The van der Waals surface area contributed by atoms with Gasteiger partial charge in [-0.2, -0.15) is 0 Å². The molecule has 2 aromatic rings. The number of hydrogen-bond acceptors (Lipinski definition) is 4. The topological polar surface area (TPSA) is 56.8 Å². The van der Waals surface area contributed by atoms with E-state index in [1.165, 1.54) is 0 Å². The van der Waals surface area contributed by atoms with Gasteiger partial charge in [-0.1, -0.05) is 29.8 Å². The van der Waals surface area contributed by atoms with Gasteiger partial charge in [0.25, 0.3) is 5.91 Å². The lowest BCUT2D eigenvalue weighted by atomic mass is 10.1. The molecule has 0 radical (unpaired) electrons. The molecule has 0 bridgehead atoms. The largest absolute Gasteiger partial charge is 0.490 e. The second-order valence-electron chi connectivity index (χ2n) is 5.48. The summed E-state index contributed by atoms with van der Waals surface area (Å²) >= 11 is 6.21. The zero-order chi connectivity index (χ0) is 18.9. The summed E-state index contributed by atoms with van der Waals surface area (Å²) in [5, 5.41) is 3.48. The maximum Gasteiger partial charge on any atom is 0.251 e. The molecule has 0 saturated carbocycles. The van der Waals surface area contributed by atoms with Crippen molar-refractivity contribution >= 4 is 17.5 Å². The van der Waals surface area contributed by atoms with E-state index in [1.807, 2.05) is 32.0 Å². The number of amides is 1. The monoisotopic (exact) mass is 377 g/mol. The van der Waals surface area contributed by atoms with Crippen LogP contribution in [0.1, 0.15) is 35.9 Å². The smallest absolute Gasteiger partial charge is 0.251 e. The second-order valence-corrected chi connectivity index (χ2v) is 5.89. The lowest BCUT2D eigenvalue weighted by Gasteiger charge is -2.18. The zero-order valence-corrected chi connectivity index (χ0v) is 16.0. The van der Waals surface area contributed by atoms with Gasteiger partial charge in [-0.3, -0.25) is 4.79 Å². The Morgan fingerprint density at radius 1 is 1.08 bits per heavy atom. The molecule has 26 heavy (non-hydrogen) atoms. The number of benzene rings is 2. The molecule has 0 aromatic heterocycles. The third kappa shape index (κ3) is 5.13. The summed E-state index contributed by atoms with van der Waals surface area (Å²) in [5.74, 6) is 0.955. The van der Waals surface area contributed by atoms with Crippen molar-refractivity contribution in [1.82, 2.24) is 5.32 Å². The summed E-state index contributed by atoms with van der Waals surface area (Å²) in [6.07, 6.45) is -0.332. The molecule has 0 spiro atoms. The third-order valence-electron chi connectivity index (χ3n) is 3.79. The number of nitrogens with one attached hydrogen (secondary N) is 1. The van der Waals surface area contributed by atoms with Crippen molar-refractivity contribution in [2.45, 2.75) is 20.0 Å². The van der Waals surface area contributed by atoms with E-state index in [4.69, 9.17) is 25.8 Å². The molecule has 1 N–H and O–H groups in total. The first-order valence-corrected chi connectivity index (χ1v) is 8.93. The fourth-order valence-corrected chi connectivity index (χ4v) is 2.79. The highest BCUT2D eigenvalue weighted by Gasteiger charge is 2.17. The van der Waals surface area contributed by atoms with Gasteiger partial charge in [0.2, 0.25) is 0 Å². The predicted octanol–water partition coefficient (Wildman–Crippen LogP) is 4.25. The molecule has 2 rings (SSSR count). The van der Waals surface area contributed by atoms with Crippen molar-refractivity contribution < 1.29 is 19.0 Å². The molecule has 0 aliphatic heterocycles. The van der Waals surface area contributed by atoms with Gasteiger partial charge in [-0.15, -0.1) is 0 Å².